The Labute approximate surface area is 146 Å². The topological polar surface area (TPSA) is 59.5 Å². The first-order valence-corrected chi connectivity index (χ1v) is 9.37. The minimum Gasteiger partial charge on any atom is -0.423 e. The molecule has 3 aromatic heterocycles. The van der Waals surface area contributed by atoms with Crippen LogP contribution in [0, 0.1) is 0 Å². The van der Waals surface area contributed by atoms with Crippen LogP contribution >= 0.6 is 0 Å². The summed E-state index contributed by atoms with van der Waals surface area (Å²) in [5, 5.41) is 8.75. The Hall–Kier alpha value is -2.21. The normalized spacial score (nSPS) is 22.3. The van der Waals surface area contributed by atoms with E-state index in [0.29, 0.717) is 5.92 Å². The van der Waals surface area contributed by atoms with Gasteiger partial charge in [-0.3, -0.25) is 4.90 Å². The fourth-order valence-corrected chi connectivity index (χ4v) is 4.00. The van der Waals surface area contributed by atoms with Gasteiger partial charge in [-0.2, -0.15) is 0 Å². The molecule has 0 amide bonds. The Morgan fingerprint density at radius 2 is 1.96 bits per heavy atom. The molecule has 1 saturated carbocycles. The van der Waals surface area contributed by atoms with Gasteiger partial charge in [-0.05, 0) is 44.4 Å². The first kappa shape index (κ1) is 15.1. The molecule has 0 spiro atoms. The van der Waals surface area contributed by atoms with Gasteiger partial charge >= 0.3 is 0 Å². The van der Waals surface area contributed by atoms with Crippen molar-refractivity contribution in [2.45, 2.75) is 57.0 Å². The monoisotopic (exact) mass is 337 g/mol. The van der Waals surface area contributed by atoms with Crippen LogP contribution in [0.5, 0.6) is 0 Å². The second kappa shape index (κ2) is 6.26. The summed E-state index contributed by atoms with van der Waals surface area (Å²) in [5.74, 6) is 2.15. The molecule has 130 valence electrons. The minimum atomic E-state index is 0.230. The molecule has 0 N–H and O–H groups in total. The highest BCUT2D eigenvalue weighted by atomic mass is 16.4. The van der Waals surface area contributed by atoms with Gasteiger partial charge in [0.15, 0.2) is 0 Å². The van der Waals surface area contributed by atoms with Crippen LogP contribution in [0.4, 0.5) is 0 Å². The molecule has 6 nitrogen and oxygen atoms in total. The molecule has 6 heteroatoms. The number of aromatic nitrogens is 4. The van der Waals surface area contributed by atoms with Crippen LogP contribution in [0.25, 0.3) is 5.65 Å². The third-order valence-corrected chi connectivity index (χ3v) is 5.69. The molecule has 0 radical (unpaired) electrons. The van der Waals surface area contributed by atoms with Crippen molar-refractivity contribution in [2.75, 3.05) is 6.54 Å². The maximum Gasteiger partial charge on any atom is 0.233 e. The molecule has 4 heterocycles. The van der Waals surface area contributed by atoms with E-state index in [0.717, 1.165) is 36.9 Å². The lowest BCUT2D eigenvalue weighted by Crippen LogP contribution is -2.33. The maximum absolute atomic E-state index is 6.08. The Morgan fingerprint density at radius 3 is 2.84 bits per heavy atom. The molecule has 2 aliphatic rings. The van der Waals surface area contributed by atoms with Crippen LogP contribution in [0.3, 0.4) is 0 Å². The van der Waals surface area contributed by atoms with Gasteiger partial charge in [0.25, 0.3) is 0 Å². The Balaban J connectivity index is 1.40. The maximum atomic E-state index is 6.08. The largest absolute Gasteiger partial charge is 0.423 e. The van der Waals surface area contributed by atoms with E-state index in [1.165, 1.54) is 37.8 Å². The third-order valence-electron chi connectivity index (χ3n) is 5.69. The van der Waals surface area contributed by atoms with Crippen molar-refractivity contribution in [3.05, 3.63) is 48.1 Å². The van der Waals surface area contributed by atoms with Crippen molar-refractivity contribution >= 4 is 5.65 Å². The second-order valence-corrected chi connectivity index (χ2v) is 7.26. The number of likely N-dealkylation sites (tertiary alicyclic amines) is 1. The quantitative estimate of drug-likeness (QED) is 0.726. The number of fused-ring (bicyclic) bond motifs is 1. The lowest BCUT2D eigenvalue weighted by atomic mass is 9.85. The summed E-state index contributed by atoms with van der Waals surface area (Å²) in [6.45, 7) is 1.94. The number of piperidine rings is 1. The van der Waals surface area contributed by atoms with E-state index >= 15 is 0 Å². The average molecular weight is 337 g/mol. The molecule has 1 saturated heterocycles. The van der Waals surface area contributed by atoms with Gasteiger partial charge < -0.3 is 8.82 Å². The highest BCUT2D eigenvalue weighted by Crippen LogP contribution is 2.38. The highest BCUT2D eigenvalue weighted by Gasteiger charge is 2.31. The summed E-state index contributed by atoms with van der Waals surface area (Å²) >= 11 is 0. The summed E-state index contributed by atoms with van der Waals surface area (Å²) in [4.78, 5) is 6.87. The van der Waals surface area contributed by atoms with Crippen molar-refractivity contribution in [3.8, 4) is 0 Å². The van der Waals surface area contributed by atoms with Gasteiger partial charge in [0.05, 0.1) is 6.04 Å². The third kappa shape index (κ3) is 2.74. The van der Waals surface area contributed by atoms with E-state index in [-0.39, 0.29) is 6.04 Å². The molecule has 0 aromatic carbocycles. The Bertz CT molecular complexity index is 865. The zero-order valence-electron chi connectivity index (χ0n) is 14.3. The van der Waals surface area contributed by atoms with E-state index in [2.05, 4.69) is 36.6 Å². The molecule has 1 aliphatic heterocycles. The van der Waals surface area contributed by atoms with Crippen molar-refractivity contribution in [2.24, 2.45) is 0 Å². The summed E-state index contributed by atoms with van der Waals surface area (Å²) in [6.07, 6.45) is 11.1. The smallest absolute Gasteiger partial charge is 0.233 e. The first-order valence-electron chi connectivity index (χ1n) is 9.37. The van der Waals surface area contributed by atoms with Crippen molar-refractivity contribution in [3.63, 3.8) is 0 Å². The number of hydrogen-bond donors (Lipinski definition) is 0. The lowest BCUT2D eigenvalue weighted by Gasteiger charge is -2.33. The summed E-state index contributed by atoms with van der Waals surface area (Å²) < 4.78 is 8.25. The fourth-order valence-electron chi connectivity index (χ4n) is 4.00. The van der Waals surface area contributed by atoms with E-state index in [4.69, 9.17) is 4.42 Å². The van der Waals surface area contributed by atoms with E-state index < -0.39 is 0 Å². The number of pyridine rings is 1. The van der Waals surface area contributed by atoms with Gasteiger partial charge in [-0.1, -0.05) is 18.9 Å². The molecule has 5 rings (SSSR count). The zero-order valence-corrected chi connectivity index (χ0v) is 14.3. The first-order chi connectivity index (χ1) is 12.4. The molecule has 0 bridgehead atoms. The molecule has 1 aliphatic carbocycles. The molecule has 2 fully saturated rings. The minimum absolute atomic E-state index is 0.230. The predicted octanol–water partition coefficient (Wildman–Crippen LogP) is 3.71. The number of imidazole rings is 1. The van der Waals surface area contributed by atoms with Crippen LogP contribution in [-0.4, -0.2) is 31.0 Å². The van der Waals surface area contributed by atoms with Gasteiger partial charge in [-0.15, -0.1) is 10.2 Å². The standard InChI is InChI=1S/C19H23N5O/c1-2-11-23(13-15-7-4-9-17-20-10-12-24(15)17)16(8-1)19-22-21-18(25-19)14-5-3-6-14/h4,7,9-10,12,14,16H,1-3,5-6,8,11,13H2/t16-/m0/s1. The fraction of sp³-hybridized carbons (Fsp3) is 0.526. The molecular formula is C19H23N5O. The molecule has 25 heavy (non-hydrogen) atoms. The van der Waals surface area contributed by atoms with E-state index in [1.807, 2.05) is 18.5 Å². The van der Waals surface area contributed by atoms with Crippen molar-refractivity contribution in [1.82, 2.24) is 24.5 Å². The summed E-state index contributed by atoms with van der Waals surface area (Å²) in [6, 6.07) is 6.53. The Kier molecular flexibility index (Phi) is 3.77. The van der Waals surface area contributed by atoms with Gasteiger partial charge in [-0.25, -0.2) is 4.98 Å². The number of hydrogen-bond acceptors (Lipinski definition) is 5. The van der Waals surface area contributed by atoms with Crippen LogP contribution in [0.1, 0.15) is 68.0 Å². The SMILES string of the molecule is c1cc(CN2CCCC[C@H]2c2nnc(C3CCC3)o2)n2ccnc2c1. The van der Waals surface area contributed by atoms with Gasteiger partial charge in [0.1, 0.15) is 5.65 Å². The van der Waals surface area contributed by atoms with E-state index in [1.54, 1.807) is 0 Å². The zero-order chi connectivity index (χ0) is 16.6. The number of nitrogens with zero attached hydrogens (tertiary/aromatic N) is 5. The Morgan fingerprint density at radius 1 is 1.04 bits per heavy atom. The van der Waals surface area contributed by atoms with E-state index in [9.17, 15) is 0 Å². The molecule has 0 unspecified atom stereocenters. The van der Waals surface area contributed by atoms with Gasteiger partial charge in [0.2, 0.25) is 11.8 Å². The van der Waals surface area contributed by atoms with Crippen LogP contribution in [0.15, 0.2) is 35.0 Å². The van der Waals surface area contributed by atoms with Gasteiger partial charge in [0, 0.05) is 30.6 Å². The highest BCUT2D eigenvalue weighted by molar-refractivity contribution is 5.39. The molecular weight excluding hydrogens is 314 g/mol. The number of rotatable bonds is 4. The lowest BCUT2D eigenvalue weighted by molar-refractivity contribution is 0.113. The molecule has 1 atom stereocenters. The average Bonchev–Trinajstić information content (AvgIpc) is 3.24. The molecule has 3 aromatic rings. The van der Waals surface area contributed by atoms with Crippen molar-refractivity contribution in [1.29, 1.82) is 0 Å². The van der Waals surface area contributed by atoms with Crippen LogP contribution in [0.2, 0.25) is 0 Å². The second-order valence-electron chi connectivity index (χ2n) is 7.26. The predicted molar refractivity (Wildman–Crippen MR) is 93.1 cm³/mol. The van der Waals surface area contributed by atoms with Crippen LogP contribution < -0.4 is 0 Å². The summed E-state index contributed by atoms with van der Waals surface area (Å²) in [5.41, 5.74) is 2.25. The summed E-state index contributed by atoms with van der Waals surface area (Å²) in [7, 11) is 0. The van der Waals surface area contributed by atoms with Crippen LogP contribution in [-0.2, 0) is 6.54 Å². The van der Waals surface area contributed by atoms with Crippen molar-refractivity contribution < 1.29 is 4.42 Å².